The third kappa shape index (κ3) is 3.72. The Morgan fingerprint density at radius 1 is 1.30 bits per heavy atom. The van der Waals surface area contributed by atoms with Gasteiger partial charge in [0.1, 0.15) is 0 Å². The van der Waals surface area contributed by atoms with E-state index in [1.165, 1.54) is 6.42 Å². The molecule has 3 heteroatoms. The van der Waals surface area contributed by atoms with Gasteiger partial charge in [-0.15, -0.1) is 0 Å². The summed E-state index contributed by atoms with van der Waals surface area (Å²) in [4.78, 5) is 0. The first-order valence-electron chi connectivity index (χ1n) is 3.54. The van der Waals surface area contributed by atoms with Gasteiger partial charge in [-0.25, -0.2) is 0 Å². The van der Waals surface area contributed by atoms with Gasteiger partial charge in [-0.3, -0.25) is 0 Å². The molecule has 0 aromatic carbocycles. The Morgan fingerprint density at radius 3 is 2.10 bits per heavy atom. The van der Waals surface area contributed by atoms with Crippen LogP contribution in [0.3, 0.4) is 0 Å². The molecule has 0 heterocycles. The number of methoxy groups -OCH3 is 2. The van der Waals surface area contributed by atoms with Crippen LogP contribution in [0.1, 0.15) is 26.2 Å². The van der Waals surface area contributed by atoms with Crippen molar-refractivity contribution in [1.29, 1.82) is 0 Å². The predicted molar refractivity (Wildman–Crippen MR) is 36.3 cm³/mol. The van der Waals surface area contributed by atoms with Crippen LogP contribution in [0, 0.1) is 0 Å². The van der Waals surface area contributed by atoms with E-state index in [2.05, 4.69) is 6.92 Å². The molecule has 0 N–H and O–H groups in total. The predicted octanol–water partition coefficient (Wildman–Crippen LogP) is 1.67. The molecule has 0 fully saturated rings. The van der Waals surface area contributed by atoms with Crippen molar-refractivity contribution in [3.05, 3.63) is 0 Å². The van der Waals surface area contributed by atoms with Crippen LogP contribution in [-0.2, 0) is 29.9 Å². The van der Waals surface area contributed by atoms with Gasteiger partial charge < -0.3 is 0 Å². The fourth-order valence-electron chi connectivity index (χ4n) is 0.697. The molecule has 0 aromatic heterocycles. The Labute approximate surface area is 74.7 Å². The van der Waals surface area contributed by atoms with Crippen LogP contribution >= 0.6 is 0 Å². The number of hydrogen-bond acceptors (Lipinski definition) is 2. The van der Waals surface area contributed by atoms with Gasteiger partial charge in [0.15, 0.2) is 0 Å². The van der Waals surface area contributed by atoms with Crippen LogP contribution in [0.15, 0.2) is 0 Å². The summed E-state index contributed by atoms with van der Waals surface area (Å²) < 4.78 is 9.97. The van der Waals surface area contributed by atoms with Crippen LogP contribution in [0.25, 0.3) is 0 Å². The third-order valence-electron chi connectivity index (χ3n) is 1.52. The summed E-state index contributed by atoms with van der Waals surface area (Å²) in [6.07, 6.45) is 3.30. The van der Waals surface area contributed by atoms with Crippen LogP contribution < -0.4 is 0 Å². The average Bonchev–Trinajstić information content (AvgIpc) is 2.00. The Kier molecular flexibility index (Phi) is 5.64. The van der Waals surface area contributed by atoms with Gasteiger partial charge >= 0.3 is 74.4 Å². The molecule has 0 aliphatic heterocycles. The van der Waals surface area contributed by atoms with E-state index in [-0.39, 0.29) is 4.09 Å². The fourth-order valence-corrected chi connectivity index (χ4v) is 0.973. The summed E-state index contributed by atoms with van der Waals surface area (Å²) >= 11 is 1.96. The van der Waals surface area contributed by atoms with Gasteiger partial charge in [-0.2, -0.15) is 0 Å². The van der Waals surface area contributed by atoms with E-state index in [9.17, 15) is 0 Å². The molecular weight excluding hydrogens is 164 g/mol. The molecule has 0 amide bonds. The number of rotatable bonds is 5. The summed E-state index contributed by atoms with van der Waals surface area (Å²) in [6.45, 7) is 2.16. The molecule has 0 atom stereocenters. The first kappa shape index (κ1) is 10.6. The van der Waals surface area contributed by atoms with E-state index in [1.54, 1.807) is 14.2 Å². The quantitative estimate of drug-likeness (QED) is 0.472. The summed E-state index contributed by atoms with van der Waals surface area (Å²) in [5.74, 6) is 0. The number of unbranched alkanes of at least 4 members (excludes halogenated alkanes) is 1. The van der Waals surface area contributed by atoms with Crippen LogP contribution in [0.2, 0.25) is 0 Å². The van der Waals surface area contributed by atoms with E-state index in [1.807, 2.05) is 20.4 Å². The Bertz CT molecular complexity index is 81.7. The second kappa shape index (κ2) is 5.31. The summed E-state index contributed by atoms with van der Waals surface area (Å²) in [6, 6.07) is 0. The van der Waals surface area contributed by atoms with Gasteiger partial charge in [0.25, 0.3) is 0 Å². The standard InChI is InChI=1S/C7H15O2.Ti/c1-4-5-6-7(8-2)9-3;/h4-6H2,1-3H3;. The van der Waals surface area contributed by atoms with Crippen molar-refractivity contribution >= 4 is 0 Å². The van der Waals surface area contributed by atoms with Crippen molar-refractivity contribution in [2.45, 2.75) is 30.3 Å². The molecule has 0 aliphatic rings. The van der Waals surface area contributed by atoms with Crippen LogP contribution in [0.4, 0.5) is 0 Å². The van der Waals surface area contributed by atoms with Gasteiger partial charge in [0, 0.05) is 0 Å². The van der Waals surface area contributed by atoms with Crippen LogP contribution in [0.5, 0.6) is 0 Å². The maximum absolute atomic E-state index is 5.17. The molecule has 0 saturated heterocycles. The van der Waals surface area contributed by atoms with E-state index >= 15 is 0 Å². The van der Waals surface area contributed by atoms with E-state index in [4.69, 9.17) is 9.47 Å². The molecular formula is C7H15O2Ti. The van der Waals surface area contributed by atoms with Crippen molar-refractivity contribution in [3.8, 4) is 0 Å². The molecule has 10 heavy (non-hydrogen) atoms. The van der Waals surface area contributed by atoms with E-state index < -0.39 is 0 Å². The zero-order valence-electron chi connectivity index (χ0n) is 6.94. The second-order valence-corrected chi connectivity index (χ2v) is 3.45. The summed E-state index contributed by atoms with van der Waals surface area (Å²) in [5, 5.41) is 0. The monoisotopic (exact) mass is 179 g/mol. The molecule has 0 saturated carbocycles. The van der Waals surface area contributed by atoms with Crippen molar-refractivity contribution < 1.29 is 29.9 Å². The van der Waals surface area contributed by atoms with Crippen molar-refractivity contribution in [3.63, 3.8) is 0 Å². The second-order valence-electron chi connectivity index (χ2n) is 2.26. The topological polar surface area (TPSA) is 18.5 Å². The molecule has 0 radical (unpaired) electrons. The molecule has 2 nitrogen and oxygen atoms in total. The molecule has 59 valence electrons. The van der Waals surface area contributed by atoms with Crippen molar-refractivity contribution in [1.82, 2.24) is 0 Å². The summed E-state index contributed by atoms with van der Waals surface area (Å²) in [5.41, 5.74) is 0. The summed E-state index contributed by atoms with van der Waals surface area (Å²) in [7, 11) is 3.36. The number of ether oxygens (including phenoxy) is 2. The Balaban J connectivity index is 3.58. The van der Waals surface area contributed by atoms with E-state index in [0.717, 1.165) is 12.8 Å². The SMILES string of the molecule is CCCC[C]([Ti])(OC)OC. The molecule has 0 unspecified atom stereocenters. The fraction of sp³-hybridized carbons (Fsp3) is 1.00. The van der Waals surface area contributed by atoms with Crippen LogP contribution in [-0.4, -0.2) is 18.3 Å². The van der Waals surface area contributed by atoms with E-state index in [0.29, 0.717) is 0 Å². The van der Waals surface area contributed by atoms with Gasteiger partial charge in [0.2, 0.25) is 0 Å². The maximum atomic E-state index is 5.17. The van der Waals surface area contributed by atoms with Crippen molar-refractivity contribution in [2.24, 2.45) is 0 Å². The zero-order chi connectivity index (χ0) is 8.04. The van der Waals surface area contributed by atoms with Crippen molar-refractivity contribution in [2.75, 3.05) is 14.2 Å². The molecule has 0 aliphatic carbocycles. The number of hydrogen-bond donors (Lipinski definition) is 0. The normalized spacial score (nSPS) is 11.8. The third-order valence-corrected chi connectivity index (χ3v) is 2.55. The van der Waals surface area contributed by atoms with Gasteiger partial charge in [-0.1, -0.05) is 0 Å². The minimum absolute atomic E-state index is 0.365. The average molecular weight is 179 g/mol. The van der Waals surface area contributed by atoms with Gasteiger partial charge in [0.05, 0.1) is 0 Å². The first-order chi connectivity index (χ1) is 4.68. The van der Waals surface area contributed by atoms with Gasteiger partial charge in [-0.05, 0) is 0 Å². The molecule has 0 bridgehead atoms. The first-order valence-corrected chi connectivity index (χ1v) is 4.32. The Morgan fingerprint density at radius 2 is 1.80 bits per heavy atom. The zero-order valence-corrected chi connectivity index (χ0v) is 8.50. The minimum atomic E-state index is -0.365. The Hall–Kier alpha value is 0.634. The molecule has 0 spiro atoms. The molecule has 0 aromatic rings. The molecule has 0 rings (SSSR count).